The molecule has 1 aliphatic heterocycles. The second-order valence-electron chi connectivity index (χ2n) is 9.80. The number of benzene rings is 3. The second-order valence-corrected chi connectivity index (χ2v) is 9.80. The molecule has 0 spiro atoms. The average molecular weight is 444 g/mol. The fraction of sp³-hybridized carbons (Fsp3) is 0.286. The van der Waals surface area contributed by atoms with Crippen molar-refractivity contribution in [3.63, 3.8) is 0 Å². The van der Waals surface area contributed by atoms with Crippen LogP contribution in [0.1, 0.15) is 66.5 Å². The van der Waals surface area contributed by atoms with E-state index < -0.39 is 5.54 Å². The Hall–Kier alpha value is -3.60. The largest absolute Gasteiger partial charge is 0.497 e. The molecule has 5 nitrogen and oxygen atoms in total. The molecule has 0 fully saturated rings. The van der Waals surface area contributed by atoms with E-state index >= 15 is 0 Å². The molecule has 3 aromatic carbocycles. The Labute approximate surface area is 194 Å². The maximum atomic E-state index is 12.8. The van der Waals surface area contributed by atoms with Gasteiger partial charge in [-0.05, 0) is 74.4 Å². The van der Waals surface area contributed by atoms with Gasteiger partial charge in [0.25, 0.3) is 11.8 Å². The molecular weight excluding hydrogens is 414 g/mol. The standard InChI is InChI=1S/C28H29NO4/c1-27(2,3)29-25(30)23-16-15-22(17-24(23)26(29)31)33-21-13-9-19(10-14-21)28(4,5)18-7-11-20(32-6)12-8-18/h7-17H,1-6H3. The molecule has 0 unspecified atom stereocenters. The van der Waals surface area contributed by atoms with Gasteiger partial charge in [0, 0.05) is 11.0 Å². The van der Waals surface area contributed by atoms with Crippen LogP contribution in [0.2, 0.25) is 0 Å². The number of carbonyl (C=O) groups excluding carboxylic acids is 2. The van der Waals surface area contributed by atoms with Crippen molar-refractivity contribution < 1.29 is 19.1 Å². The highest BCUT2D eigenvalue weighted by molar-refractivity contribution is 6.22. The summed E-state index contributed by atoms with van der Waals surface area (Å²) in [4.78, 5) is 26.8. The molecule has 0 radical (unpaired) electrons. The number of hydrogen-bond acceptors (Lipinski definition) is 4. The van der Waals surface area contributed by atoms with Crippen LogP contribution in [0.25, 0.3) is 0 Å². The third-order valence-electron chi connectivity index (χ3n) is 6.15. The van der Waals surface area contributed by atoms with Crippen molar-refractivity contribution in [1.82, 2.24) is 4.90 Å². The molecular formula is C28H29NO4. The van der Waals surface area contributed by atoms with Crippen LogP contribution in [-0.2, 0) is 5.41 Å². The third kappa shape index (κ3) is 4.11. The smallest absolute Gasteiger partial charge is 0.262 e. The summed E-state index contributed by atoms with van der Waals surface area (Å²) in [5.41, 5.74) is 2.35. The van der Waals surface area contributed by atoms with Crippen molar-refractivity contribution in [2.24, 2.45) is 0 Å². The van der Waals surface area contributed by atoms with E-state index in [1.54, 1.807) is 25.3 Å². The molecule has 0 N–H and O–H groups in total. The second kappa shape index (κ2) is 8.07. The number of carbonyl (C=O) groups is 2. The van der Waals surface area contributed by atoms with Crippen molar-refractivity contribution in [3.8, 4) is 17.2 Å². The van der Waals surface area contributed by atoms with E-state index in [1.807, 2.05) is 57.2 Å². The Bertz CT molecular complexity index is 1200. The molecule has 1 aliphatic rings. The first-order chi connectivity index (χ1) is 15.5. The van der Waals surface area contributed by atoms with Crippen molar-refractivity contribution >= 4 is 11.8 Å². The first-order valence-electron chi connectivity index (χ1n) is 11.0. The van der Waals surface area contributed by atoms with Crippen molar-refractivity contribution in [1.29, 1.82) is 0 Å². The van der Waals surface area contributed by atoms with Crippen molar-refractivity contribution in [2.75, 3.05) is 7.11 Å². The Morgan fingerprint density at radius 2 is 1.12 bits per heavy atom. The lowest BCUT2D eigenvalue weighted by Crippen LogP contribution is -2.45. The van der Waals surface area contributed by atoms with E-state index in [9.17, 15) is 9.59 Å². The van der Waals surface area contributed by atoms with Crippen LogP contribution in [0.5, 0.6) is 17.2 Å². The van der Waals surface area contributed by atoms with Gasteiger partial charge in [-0.25, -0.2) is 0 Å². The molecule has 0 bridgehead atoms. The van der Waals surface area contributed by atoms with Crippen LogP contribution < -0.4 is 9.47 Å². The van der Waals surface area contributed by atoms with E-state index in [0.29, 0.717) is 22.6 Å². The van der Waals surface area contributed by atoms with Gasteiger partial charge in [-0.2, -0.15) is 0 Å². The molecule has 2 amide bonds. The van der Waals surface area contributed by atoms with Gasteiger partial charge >= 0.3 is 0 Å². The summed E-state index contributed by atoms with van der Waals surface area (Å²) in [5.74, 6) is 1.46. The number of fused-ring (bicyclic) bond motifs is 1. The van der Waals surface area contributed by atoms with Crippen molar-refractivity contribution in [3.05, 3.63) is 89.0 Å². The zero-order valence-corrected chi connectivity index (χ0v) is 19.9. The van der Waals surface area contributed by atoms with Gasteiger partial charge in [-0.15, -0.1) is 0 Å². The van der Waals surface area contributed by atoms with Gasteiger partial charge in [0.2, 0.25) is 0 Å². The van der Waals surface area contributed by atoms with Gasteiger partial charge in [0.1, 0.15) is 17.2 Å². The minimum atomic E-state index is -0.583. The molecule has 0 aliphatic carbocycles. The van der Waals surface area contributed by atoms with Gasteiger partial charge in [0.15, 0.2) is 0 Å². The number of rotatable bonds is 5. The molecule has 5 heteroatoms. The summed E-state index contributed by atoms with van der Waals surface area (Å²) in [5, 5.41) is 0. The predicted molar refractivity (Wildman–Crippen MR) is 128 cm³/mol. The maximum Gasteiger partial charge on any atom is 0.262 e. The maximum absolute atomic E-state index is 12.8. The third-order valence-corrected chi connectivity index (χ3v) is 6.15. The van der Waals surface area contributed by atoms with Crippen LogP contribution in [0.4, 0.5) is 0 Å². The Kier molecular flexibility index (Phi) is 5.52. The molecule has 4 rings (SSSR count). The number of nitrogens with zero attached hydrogens (tertiary/aromatic N) is 1. The van der Waals surface area contributed by atoms with E-state index in [1.165, 1.54) is 10.5 Å². The number of methoxy groups -OCH3 is 1. The van der Waals surface area contributed by atoms with Gasteiger partial charge in [0.05, 0.1) is 18.2 Å². The predicted octanol–water partition coefficient (Wildman–Crippen LogP) is 6.21. The number of ether oxygens (including phenoxy) is 2. The quantitative estimate of drug-likeness (QED) is 0.440. The van der Waals surface area contributed by atoms with Crippen LogP contribution in [0.15, 0.2) is 66.7 Å². The molecule has 0 saturated carbocycles. The lowest BCUT2D eigenvalue weighted by Gasteiger charge is -2.29. The monoisotopic (exact) mass is 443 g/mol. The first kappa shape index (κ1) is 22.6. The van der Waals surface area contributed by atoms with Gasteiger partial charge in [-0.1, -0.05) is 38.1 Å². The minimum Gasteiger partial charge on any atom is -0.497 e. The highest BCUT2D eigenvalue weighted by Gasteiger charge is 2.42. The zero-order valence-electron chi connectivity index (χ0n) is 19.9. The summed E-state index contributed by atoms with van der Waals surface area (Å²) in [6.45, 7) is 9.90. The SMILES string of the molecule is COc1ccc(C(C)(C)c2ccc(Oc3ccc4c(c3)C(=O)N(C(C)(C)C)C4=O)cc2)cc1. The van der Waals surface area contributed by atoms with Crippen LogP contribution in [0.3, 0.4) is 0 Å². The Balaban J connectivity index is 1.54. The molecule has 3 aromatic rings. The van der Waals surface area contributed by atoms with E-state index in [0.717, 1.165) is 11.3 Å². The fourth-order valence-corrected chi connectivity index (χ4v) is 4.14. The van der Waals surface area contributed by atoms with Gasteiger partial charge < -0.3 is 9.47 Å². The number of imide groups is 1. The highest BCUT2D eigenvalue weighted by atomic mass is 16.5. The lowest BCUT2D eigenvalue weighted by molar-refractivity contribution is 0.0507. The summed E-state index contributed by atoms with van der Waals surface area (Å²) in [6.07, 6.45) is 0. The highest BCUT2D eigenvalue weighted by Crippen LogP contribution is 2.35. The van der Waals surface area contributed by atoms with Crippen molar-refractivity contribution in [2.45, 2.75) is 45.6 Å². The topological polar surface area (TPSA) is 55.8 Å². The summed E-state index contributed by atoms with van der Waals surface area (Å²) in [6, 6.07) is 21.1. The molecule has 170 valence electrons. The average Bonchev–Trinajstić information content (AvgIpc) is 3.04. The summed E-state index contributed by atoms with van der Waals surface area (Å²) in [7, 11) is 1.66. The Morgan fingerprint density at radius 1 is 0.636 bits per heavy atom. The fourth-order valence-electron chi connectivity index (χ4n) is 4.14. The van der Waals surface area contributed by atoms with Crippen LogP contribution >= 0.6 is 0 Å². The van der Waals surface area contributed by atoms with E-state index in [4.69, 9.17) is 9.47 Å². The summed E-state index contributed by atoms with van der Waals surface area (Å²) >= 11 is 0. The number of hydrogen-bond donors (Lipinski definition) is 0. The molecule has 0 atom stereocenters. The molecule has 0 aromatic heterocycles. The van der Waals surface area contributed by atoms with Gasteiger partial charge in [-0.3, -0.25) is 14.5 Å². The number of amides is 2. The zero-order chi connectivity index (χ0) is 24.0. The van der Waals surface area contributed by atoms with Crippen LogP contribution in [-0.4, -0.2) is 29.4 Å². The first-order valence-corrected chi connectivity index (χ1v) is 11.0. The summed E-state index contributed by atoms with van der Waals surface area (Å²) < 4.78 is 11.3. The minimum absolute atomic E-state index is 0.193. The van der Waals surface area contributed by atoms with E-state index in [-0.39, 0.29) is 17.2 Å². The lowest BCUT2D eigenvalue weighted by atomic mass is 9.78. The molecule has 0 saturated heterocycles. The molecule has 33 heavy (non-hydrogen) atoms. The van der Waals surface area contributed by atoms with Crippen LogP contribution in [0, 0.1) is 0 Å². The molecule has 1 heterocycles. The Morgan fingerprint density at radius 3 is 1.64 bits per heavy atom. The van der Waals surface area contributed by atoms with E-state index in [2.05, 4.69) is 26.0 Å². The normalized spacial score (nSPS) is 13.8.